The Morgan fingerprint density at radius 2 is 1.90 bits per heavy atom. The quantitative estimate of drug-likeness (QED) is 0.404. The van der Waals surface area contributed by atoms with E-state index in [1.807, 2.05) is 61.1 Å². The Labute approximate surface area is 178 Å². The molecule has 0 saturated carbocycles. The second-order valence-corrected chi connectivity index (χ2v) is 7.91. The number of benzene rings is 1. The molecule has 6 nitrogen and oxygen atoms in total. The van der Waals surface area contributed by atoms with Crippen LogP contribution < -0.4 is 0 Å². The number of halogens is 1. The van der Waals surface area contributed by atoms with Crippen LogP contribution in [0.1, 0.15) is 31.3 Å². The molecule has 0 N–H and O–H groups in total. The molecule has 0 spiro atoms. The van der Waals surface area contributed by atoms with Crippen LogP contribution in [-0.4, -0.2) is 31.3 Å². The summed E-state index contributed by atoms with van der Waals surface area (Å²) >= 11 is 7.60. The van der Waals surface area contributed by atoms with Crippen LogP contribution in [0.2, 0.25) is 5.02 Å². The third-order valence-corrected chi connectivity index (χ3v) is 5.66. The van der Waals surface area contributed by atoms with E-state index in [0.29, 0.717) is 24.0 Å². The van der Waals surface area contributed by atoms with Gasteiger partial charge in [-0.1, -0.05) is 23.7 Å². The van der Waals surface area contributed by atoms with Crippen LogP contribution in [0.15, 0.2) is 55.0 Å². The van der Waals surface area contributed by atoms with Gasteiger partial charge in [0, 0.05) is 35.8 Å². The number of hydrogen-bond acceptors (Lipinski definition) is 6. The van der Waals surface area contributed by atoms with Gasteiger partial charge in [0.15, 0.2) is 11.6 Å². The van der Waals surface area contributed by atoms with E-state index in [-0.39, 0.29) is 6.10 Å². The van der Waals surface area contributed by atoms with Gasteiger partial charge in [-0.25, -0.2) is 14.6 Å². The zero-order valence-electron chi connectivity index (χ0n) is 16.1. The summed E-state index contributed by atoms with van der Waals surface area (Å²) in [4.78, 5) is 14.4. The van der Waals surface area contributed by atoms with Gasteiger partial charge in [-0.15, -0.1) is 11.3 Å². The van der Waals surface area contributed by atoms with Crippen molar-refractivity contribution in [2.75, 3.05) is 6.61 Å². The molecular weight excluding hydrogens is 406 g/mol. The second kappa shape index (κ2) is 8.82. The fourth-order valence-corrected chi connectivity index (χ4v) is 3.96. The minimum atomic E-state index is -0.183. The third kappa shape index (κ3) is 4.53. The molecule has 1 aromatic carbocycles. The molecule has 8 heteroatoms. The van der Waals surface area contributed by atoms with Crippen LogP contribution in [0.25, 0.3) is 21.3 Å². The number of ether oxygens (including phenoxy) is 1. The third-order valence-electron chi connectivity index (χ3n) is 4.37. The van der Waals surface area contributed by atoms with Gasteiger partial charge < -0.3 is 4.74 Å². The van der Waals surface area contributed by atoms with Gasteiger partial charge in [-0.2, -0.15) is 5.10 Å². The van der Waals surface area contributed by atoms with Gasteiger partial charge >= 0.3 is 0 Å². The Balaban J connectivity index is 1.71. The summed E-state index contributed by atoms with van der Waals surface area (Å²) in [5.41, 5.74) is 2.12. The predicted molar refractivity (Wildman–Crippen MR) is 115 cm³/mol. The number of thiazole rings is 1. The first kappa shape index (κ1) is 19.7. The van der Waals surface area contributed by atoms with E-state index in [0.717, 1.165) is 26.8 Å². The van der Waals surface area contributed by atoms with Crippen molar-refractivity contribution in [2.24, 2.45) is 0 Å². The van der Waals surface area contributed by atoms with Crippen molar-refractivity contribution in [1.29, 1.82) is 0 Å². The van der Waals surface area contributed by atoms with Crippen LogP contribution in [0.5, 0.6) is 0 Å². The maximum Gasteiger partial charge on any atom is 0.179 e. The van der Waals surface area contributed by atoms with Crippen molar-refractivity contribution in [3.05, 3.63) is 71.4 Å². The van der Waals surface area contributed by atoms with Gasteiger partial charge in [0.2, 0.25) is 0 Å². The molecule has 0 aliphatic carbocycles. The highest BCUT2D eigenvalue weighted by Gasteiger charge is 2.19. The first-order valence-electron chi connectivity index (χ1n) is 9.31. The SMILES string of the molecule is CCOC(C)c1nc(-c2cnc(-c3ccncc3)s2)n(Cc2ccc(Cl)cc2)n1. The van der Waals surface area contributed by atoms with Crippen LogP contribution in [-0.2, 0) is 11.3 Å². The minimum Gasteiger partial charge on any atom is -0.371 e. The highest BCUT2D eigenvalue weighted by atomic mass is 35.5. The minimum absolute atomic E-state index is 0.183. The van der Waals surface area contributed by atoms with Gasteiger partial charge in [0.05, 0.1) is 11.4 Å². The Morgan fingerprint density at radius 3 is 2.62 bits per heavy atom. The van der Waals surface area contributed by atoms with Gasteiger partial charge in [0.25, 0.3) is 0 Å². The van der Waals surface area contributed by atoms with Crippen molar-refractivity contribution < 1.29 is 4.74 Å². The molecule has 4 rings (SSSR count). The van der Waals surface area contributed by atoms with E-state index in [1.165, 1.54) is 0 Å². The van der Waals surface area contributed by atoms with Crippen molar-refractivity contribution in [1.82, 2.24) is 24.7 Å². The summed E-state index contributed by atoms with van der Waals surface area (Å²) in [6.45, 7) is 5.12. The van der Waals surface area contributed by atoms with Crippen molar-refractivity contribution in [2.45, 2.75) is 26.5 Å². The Bertz CT molecular complexity index is 1080. The summed E-state index contributed by atoms with van der Waals surface area (Å²) in [6.07, 6.45) is 5.19. The number of pyridine rings is 1. The normalized spacial score (nSPS) is 12.2. The first-order chi connectivity index (χ1) is 14.1. The maximum atomic E-state index is 6.02. The molecule has 1 unspecified atom stereocenters. The number of hydrogen-bond donors (Lipinski definition) is 0. The summed E-state index contributed by atoms with van der Waals surface area (Å²) in [5, 5.41) is 6.35. The Hall–Kier alpha value is -2.61. The average Bonchev–Trinajstić information content (AvgIpc) is 3.38. The predicted octanol–water partition coefficient (Wildman–Crippen LogP) is 5.26. The summed E-state index contributed by atoms with van der Waals surface area (Å²) in [7, 11) is 0. The maximum absolute atomic E-state index is 6.02. The molecule has 4 aromatic rings. The highest BCUT2D eigenvalue weighted by molar-refractivity contribution is 7.18. The van der Waals surface area contributed by atoms with E-state index in [9.17, 15) is 0 Å². The van der Waals surface area contributed by atoms with Crippen LogP contribution in [0, 0.1) is 0 Å². The van der Waals surface area contributed by atoms with E-state index in [2.05, 4.69) is 9.97 Å². The monoisotopic (exact) mass is 425 g/mol. The first-order valence-corrected chi connectivity index (χ1v) is 10.5. The molecule has 0 amide bonds. The molecule has 0 bridgehead atoms. The molecular formula is C21H20ClN5OS. The zero-order valence-corrected chi connectivity index (χ0v) is 17.7. The lowest BCUT2D eigenvalue weighted by molar-refractivity contribution is 0.0700. The van der Waals surface area contributed by atoms with E-state index < -0.39 is 0 Å². The van der Waals surface area contributed by atoms with Crippen molar-refractivity contribution in [3.8, 4) is 21.3 Å². The lowest BCUT2D eigenvalue weighted by Crippen LogP contribution is -2.06. The van der Waals surface area contributed by atoms with E-state index in [1.54, 1.807) is 23.7 Å². The molecule has 3 aromatic heterocycles. The Morgan fingerprint density at radius 1 is 1.14 bits per heavy atom. The topological polar surface area (TPSA) is 65.7 Å². The fraction of sp³-hybridized carbons (Fsp3) is 0.238. The lowest BCUT2D eigenvalue weighted by Gasteiger charge is -2.06. The lowest BCUT2D eigenvalue weighted by atomic mass is 10.2. The van der Waals surface area contributed by atoms with E-state index in [4.69, 9.17) is 26.4 Å². The van der Waals surface area contributed by atoms with Crippen LogP contribution >= 0.6 is 22.9 Å². The van der Waals surface area contributed by atoms with Gasteiger partial charge in [0.1, 0.15) is 11.1 Å². The number of nitrogens with zero attached hydrogens (tertiary/aromatic N) is 5. The van der Waals surface area contributed by atoms with Crippen molar-refractivity contribution >= 4 is 22.9 Å². The van der Waals surface area contributed by atoms with Gasteiger partial charge in [-0.3, -0.25) is 4.98 Å². The number of aromatic nitrogens is 5. The van der Waals surface area contributed by atoms with Crippen LogP contribution in [0.3, 0.4) is 0 Å². The molecule has 29 heavy (non-hydrogen) atoms. The molecule has 148 valence electrons. The summed E-state index contributed by atoms with van der Waals surface area (Å²) in [5.74, 6) is 1.44. The molecule has 0 fully saturated rings. The largest absolute Gasteiger partial charge is 0.371 e. The standard InChI is InChI=1S/C21H20ClN5OS/c1-3-28-14(2)19-25-20(27(26-19)13-15-4-6-17(22)7-5-15)18-12-24-21(29-18)16-8-10-23-11-9-16/h4-12,14H,3,13H2,1-2H3. The fourth-order valence-electron chi connectivity index (χ4n) is 2.92. The molecule has 0 aliphatic rings. The molecule has 0 radical (unpaired) electrons. The summed E-state index contributed by atoms with van der Waals surface area (Å²) in [6, 6.07) is 11.6. The van der Waals surface area contributed by atoms with Crippen molar-refractivity contribution in [3.63, 3.8) is 0 Å². The molecule has 0 saturated heterocycles. The van der Waals surface area contributed by atoms with Crippen LogP contribution in [0.4, 0.5) is 0 Å². The number of rotatable bonds is 7. The molecule has 1 atom stereocenters. The molecule has 0 aliphatic heterocycles. The smallest absolute Gasteiger partial charge is 0.179 e. The highest BCUT2D eigenvalue weighted by Crippen LogP contribution is 2.32. The summed E-state index contributed by atoms with van der Waals surface area (Å²) < 4.78 is 7.60. The second-order valence-electron chi connectivity index (χ2n) is 6.44. The molecule has 3 heterocycles. The zero-order chi connectivity index (χ0) is 20.2. The average molecular weight is 426 g/mol. The Kier molecular flexibility index (Phi) is 5.99. The van der Waals surface area contributed by atoms with Gasteiger partial charge in [-0.05, 0) is 43.7 Å². The van der Waals surface area contributed by atoms with E-state index >= 15 is 0 Å².